The molecular formula is C33H36FN7O. The maximum atomic E-state index is 14.3. The number of hydrogen-bond acceptors (Lipinski definition) is 6. The van der Waals surface area contributed by atoms with Crippen LogP contribution in [0.15, 0.2) is 123 Å². The van der Waals surface area contributed by atoms with Crippen LogP contribution in [0, 0.1) is 6.92 Å². The Morgan fingerprint density at radius 3 is 2.79 bits per heavy atom. The molecule has 0 bridgehead atoms. The molecule has 9 heteroatoms. The number of aliphatic hydroxyl groups excluding tert-OH is 1. The monoisotopic (exact) mass is 565 g/mol. The van der Waals surface area contributed by atoms with E-state index in [-0.39, 0.29) is 24.8 Å². The van der Waals surface area contributed by atoms with E-state index in [1.807, 2.05) is 68.7 Å². The largest absolute Gasteiger partial charge is 0.512 e. The lowest BCUT2D eigenvalue weighted by molar-refractivity contribution is 0.334. The molecule has 8 nitrogen and oxygen atoms in total. The van der Waals surface area contributed by atoms with Crippen molar-refractivity contribution in [3.05, 3.63) is 125 Å². The van der Waals surface area contributed by atoms with Crippen LogP contribution in [0.5, 0.6) is 0 Å². The highest BCUT2D eigenvalue weighted by molar-refractivity contribution is 5.97. The van der Waals surface area contributed by atoms with Crippen molar-refractivity contribution < 1.29 is 9.50 Å². The van der Waals surface area contributed by atoms with Crippen LogP contribution >= 0.6 is 0 Å². The SMILES string of the molecule is C=NC(=NC/C=C(/F)Cc1cccc(C)n1)NN(C)CC1=NC=C(Nc2ccc(C3=CCC(O)=CC=C3)cc2)CC=C1. The van der Waals surface area contributed by atoms with Crippen LogP contribution in [0.1, 0.15) is 29.8 Å². The van der Waals surface area contributed by atoms with E-state index in [9.17, 15) is 9.50 Å². The second-order valence-electron chi connectivity index (χ2n) is 9.85. The summed E-state index contributed by atoms with van der Waals surface area (Å²) in [5.74, 6) is 0.345. The fourth-order valence-electron chi connectivity index (χ4n) is 4.26. The smallest absolute Gasteiger partial charge is 0.232 e. The second-order valence-corrected chi connectivity index (χ2v) is 9.85. The number of nitrogens with one attached hydrogen (secondary N) is 2. The topological polar surface area (TPSA) is 97.5 Å². The first kappa shape index (κ1) is 30.1. The highest BCUT2D eigenvalue weighted by Crippen LogP contribution is 2.23. The molecule has 0 spiro atoms. The molecule has 1 aromatic heterocycles. The van der Waals surface area contributed by atoms with Gasteiger partial charge in [-0.1, -0.05) is 42.5 Å². The quantitative estimate of drug-likeness (QED) is 0.176. The molecule has 2 aliphatic rings. The molecule has 2 heterocycles. The van der Waals surface area contributed by atoms with Crippen molar-refractivity contribution in [1.29, 1.82) is 0 Å². The standard InChI is InChI=1S/C33H36FN7O/c1-24-7-4-9-29(38-24)21-27(34)19-20-36-33(35-2)40-41(3)23-31-11-6-10-30(22-37-31)39-28-16-13-26(14-17-28)25-8-5-12-32(42)18-15-25/h4-9,11-17,19,22,39,42H,2,10,18,20-21,23H2,1,3H3,(H,36,40)/b27-19+. The number of aliphatic hydroxyl groups is 1. The maximum Gasteiger partial charge on any atom is 0.232 e. The predicted molar refractivity (Wildman–Crippen MR) is 171 cm³/mol. The number of benzene rings is 1. The van der Waals surface area contributed by atoms with Crippen LogP contribution in [-0.4, -0.2) is 53.6 Å². The predicted octanol–water partition coefficient (Wildman–Crippen LogP) is 6.42. The van der Waals surface area contributed by atoms with Crippen LogP contribution < -0.4 is 10.7 Å². The van der Waals surface area contributed by atoms with Crippen molar-refractivity contribution >= 4 is 29.6 Å². The number of guanidine groups is 1. The fourth-order valence-corrected chi connectivity index (χ4v) is 4.26. The van der Waals surface area contributed by atoms with Gasteiger partial charge in [0.25, 0.3) is 0 Å². The van der Waals surface area contributed by atoms with Crippen molar-refractivity contribution in [1.82, 2.24) is 15.4 Å². The number of hydrazine groups is 1. The maximum absolute atomic E-state index is 14.3. The Labute approximate surface area is 246 Å². The van der Waals surface area contributed by atoms with Gasteiger partial charge in [0.15, 0.2) is 0 Å². The van der Waals surface area contributed by atoms with E-state index in [2.05, 4.69) is 55.6 Å². The van der Waals surface area contributed by atoms with Crippen molar-refractivity contribution in [3.8, 4) is 0 Å². The Hall–Kier alpha value is -4.89. The number of hydrogen-bond donors (Lipinski definition) is 3. The van der Waals surface area contributed by atoms with Gasteiger partial charge in [0.2, 0.25) is 5.96 Å². The van der Waals surface area contributed by atoms with Crippen molar-refractivity contribution in [3.63, 3.8) is 0 Å². The third-order valence-corrected chi connectivity index (χ3v) is 6.34. The van der Waals surface area contributed by atoms with Gasteiger partial charge in [0, 0.05) is 55.3 Å². The number of pyridine rings is 1. The Kier molecular flexibility index (Phi) is 10.9. The Morgan fingerprint density at radius 1 is 1.17 bits per heavy atom. The zero-order chi connectivity index (χ0) is 29.7. The average Bonchev–Trinajstić information content (AvgIpc) is 3.32. The van der Waals surface area contributed by atoms with Gasteiger partial charge in [-0.05, 0) is 67.3 Å². The molecule has 1 aliphatic carbocycles. The number of allylic oxidation sites excluding steroid dienone is 7. The second kappa shape index (κ2) is 15.2. The molecule has 0 amide bonds. The summed E-state index contributed by atoms with van der Waals surface area (Å²) in [5.41, 5.74) is 9.54. The van der Waals surface area contributed by atoms with E-state index in [0.29, 0.717) is 30.8 Å². The summed E-state index contributed by atoms with van der Waals surface area (Å²) in [6.45, 7) is 6.06. The number of aliphatic imine (C=N–C) groups is 3. The van der Waals surface area contributed by atoms with Crippen LogP contribution in [0.3, 0.4) is 0 Å². The number of nitrogens with zero attached hydrogens (tertiary/aromatic N) is 5. The molecule has 216 valence electrons. The number of halogens is 1. The number of rotatable bonds is 10. The number of aromatic nitrogens is 1. The minimum absolute atomic E-state index is 0.127. The van der Waals surface area contributed by atoms with Crippen molar-refractivity contribution in [2.45, 2.75) is 26.2 Å². The summed E-state index contributed by atoms with van der Waals surface area (Å²) in [4.78, 5) is 17.2. The molecule has 0 saturated heterocycles. The lowest BCUT2D eigenvalue weighted by Crippen LogP contribution is -2.41. The van der Waals surface area contributed by atoms with Gasteiger partial charge in [-0.2, -0.15) is 0 Å². The van der Waals surface area contributed by atoms with E-state index >= 15 is 0 Å². The van der Waals surface area contributed by atoms with Gasteiger partial charge in [0.1, 0.15) is 5.83 Å². The first-order chi connectivity index (χ1) is 20.4. The molecule has 4 rings (SSSR count). The summed E-state index contributed by atoms with van der Waals surface area (Å²) in [7, 11) is 1.85. The lowest BCUT2D eigenvalue weighted by atomic mass is 10.0. The molecule has 1 aliphatic heterocycles. The van der Waals surface area contributed by atoms with E-state index in [1.54, 1.807) is 17.2 Å². The van der Waals surface area contributed by atoms with Gasteiger partial charge in [-0.15, -0.1) is 0 Å². The van der Waals surface area contributed by atoms with Gasteiger partial charge in [0.05, 0.1) is 24.6 Å². The highest BCUT2D eigenvalue weighted by Gasteiger charge is 2.08. The summed E-state index contributed by atoms with van der Waals surface area (Å²) >= 11 is 0. The molecule has 0 unspecified atom stereocenters. The summed E-state index contributed by atoms with van der Waals surface area (Å²) < 4.78 is 14.3. The van der Waals surface area contributed by atoms with Gasteiger partial charge in [-0.25, -0.2) is 19.4 Å². The van der Waals surface area contributed by atoms with E-state index in [0.717, 1.165) is 33.9 Å². The minimum atomic E-state index is -0.299. The van der Waals surface area contributed by atoms with Crippen LogP contribution in [0.2, 0.25) is 0 Å². The Bertz CT molecular complexity index is 1510. The molecule has 0 radical (unpaired) electrons. The summed E-state index contributed by atoms with van der Waals surface area (Å²) in [5, 5.41) is 14.9. The average molecular weight is 566 g/mol. The first-order valence-electron chi connectivity index (χ1n) is 13.7. The Morgan fingerprint density at radius 2 is 2.00 bits per heavy atom. The third-order valence-electron chi connectivity index (χ3n) is 6.34. The zero-order valence-electron chi connectivity index (χ0n) is 24.0. The molecular weight excluding hydrogens is 529 g/mol. The Balaban J connectivity index is 1.28. The van der Waals surface area contributed by atoms with Crippen LogP contribution in [0.25, 0.3) is 5.57 Å². The normalized spacial score (nSPS) is 15.7. The third kappa shape index (κ3) is 9.64. The molecule has 42 heavy (non-hydrogen) atoms. The lowest BCUT2D eigenvalue weighted by Gasteiger charge is -2.18. The van der Waals surface area contributed by atoms with Crippen LogP contribution in [-0.2, 0) is 6.42 Å². The van der Waals surface area contributed by atoms with Gasteiger partial charge in [-0.3, -0.25) is 15.4 Å². The molecule has 0 saturated carbocycles. The van der Waals surface area contributed by atoms with Gasteiger partial charge >= 0.3 is 0 Å². The van der Waals surface area contributed by atoms with Crippen LogP contribution in [0.4, 0.5) is 10.1 Å². The first-order valence-corrected chi connectivity index (χ1v) is 13.7. The minimum Gasteiger partial charge on any atom is -0.512 e. The summed E-state index contributed by atoms with van der Waals surface area (Å²) in [6, 6.07) is 13.7. The van der Waals surface area contributed by atoms with Crippen molar-refractivity contribution in [2.75, 3.05) is 25.5 Å². The van der Waals surface area contributed by atoms with Crippen molar-refractivity contribution in [2.24, 2.45) is 15.0 Å². The molecule has 0 atom stereocenters. The molecule has 2 aromatic rings. The number of aryl methyl sites for hydroxylation is 1. The van der Waals surface area contributed by atoms with E-state index < -0.39 is 0 Å². The molecule has 0 fully saturated rings. The molecule has 1 aromatic carbocycles. The molecule has 3 N–H and O–H groups in total. The van der Waals surface area contributed by atoms with E-state index in [1.165, 1.54) is 6.08 Å². The highest BCUT2D eigenvalue weighted by atomic mass is 19.1. The van der Waals surface area contributed by atoms with E-state index in [4.69, 9.17) is 0 Å². The zero-order valence-corrected chi connectivity index (χ0v) is 24.0. The fraction of sp³-hybridized carbons (Fsp3) is 0.212. The summed E-state index contributed by atoms with van der Waals surface area (Å²) in [6.07, 6.45) is 16.2. The van der Waals surface area contributed by atoms with Gasteiger partial charge < -0.3 is 10.4 Å². The number of anilines is 1.